The molecule has 2 aliphatic heterocycles. The number of hydrogen-bond acceptors (Lipinski definition) is 4. The number of fused-ring (bicyclic) bond motifs is 1. The maximum atomic E-state index is 13.3. The maximum absolute atomic E-state index is 13.3. The van der Waals surface area contributed by atoms with Crippen LogP contribution in [-0.2, 0) is 16.0 Å². The van der Waals surface area contributed by atoms with Gasteiger partial charge in [0.25, 0.3) is 5.91 Å². The van der Waals surface area contributed by atoms with E-state index in [1.165, 1.54) is 26.5 Å². The van der Waals surface area contributed by atoms with Crippen molar-refractivity contribution in [2.45, 2.75) is 32.1 Å². The first-order valence-corrected chi connectivity index (χ1v) is 10.2. The molecule has 0 bridgehead atoms. The van der Waals surface area contributed by atoms with Crippen molar-refractivity contribution in [3.8, 4) is 0 Å². The molecule has 1 aromatic carbocycles. The number of benzene rings is 1. The number of ether oxygens (including phenoxy) is 1. The zero-order valence-electron chi connectivity index (χ0n) is 16.8. The van der Waals surface area contributed by atoms with Crippen LogP contribution in [0.25, 0.3) is 10.9 Å². The van der Waals surface area contributed by atoms with Crippen molar-refractivity contribution in [1.82, 2.24) is 14.8 Å². The predicted molar refractivity (Wildman–Crippen MR) is 108 cm³/mol. The van der Waals surface area contributed by atoms with Crippen LogP contribution < -0.4 is 0 Å². The largest absolute Gasteiger partial charge is 0.469 e. The number of rotatable bonds is 3. The van der Waals surface area contributed by atoms with Crippen LogP contribution >= 0.6 is 0 Å². The van der Waals surface area contributed by atoms with Crippen LogP contribution in [0.3, 0.4) is 0 Å². The van der Waals surface area contributed by atoms with Gasteiger partial charge in [-0.05, 0) is 50.8 Å². The Balaban J connectivity index is 1.56. The molecule has 6 nitrogen and oxygen atoms in total. The molecule has 0 unspecified atom stereocenters. The predicted octanol–water partition coefficient (Wildman–Crippen LogP) is 2.83. The highest BCUT2D eigenvalue weighted by molar-refractivity contribution is 6.02. The van der Waals surface area contributed by atoms with Crippen molar-refractivity contribution in [2.75, 3.05) is 40.3 Å². The third-order valence-electron chi connectivity index (χ3n) is 6.54. The number of aromatic nitrogens is 1. The summed E-state index contributed by atoms with van der Waals surface area (Å²) in [7, 11) is 3.58. The molecule has 150 valence electrons. The van der Waals surface area contributed by atoms with Crippen LogP contribution in [0.2, 0.25) is 0 Å². The number of nitrogens with one attached hydrogen (secondary N) is 1. The number of H-pyrrole nitrogens is 1. The van der Waals surface area contributed by atoms with Crippen LogP contribution in [0.1, 0.15) is 41.7 Å². The summed E-state index contributed by atoms with van der Waals surface area (Å²) >= 11 is 0. The molecular weight excluding hydrogens is 354 g/mol. The summed E-state index contributed by atoms with van der Waals surface area (Å²) in [5, 5.41) is 0.915. The number of likely N-dealkylation sites (tertiary alicyclic amines) is 2. The van der Waals surface area contributed by atoms with Gasteiger partial charge in [-0.15, -0.1) is 0 Å². The number of esters is 1. The first kappa shape index (κ1) is 19.0. The fraction of sp³-hybridized carbons (Fsp3) is 0.545. The maximum Gasteiger partial charge on any atom is 0.310 e. The van der Waals surface area contributed by atoms with Crippen LogP contribution in [0.4, 0.5) is 0 Å². The summed E-state index contributed by atoms with van der Waals surface area (Å²) < 4.78 is 4.86. The summed E-state index contributed by atoms with van der Waals surface area (Å²) in [4.78, 5) is 32.9. The van der Waals surface area contributed by atoms with Crippen molar-refractivity contribution in [2.24, 2.45) is 5.41 Å². The van der Waals surface area contributed by atoms with Gasteiger partial charge in [0.15, 0.2) is 0 Å². The van der Waals surface area contributed by atoms with Gasteiger partial charge in [-0.2, -0.15) is 0 Å². The normalized spacial score (nSPS) is 19.9. The summed E-state index contributed by atoms with van der Waals surface area (Å²) in [6.45, 7) is 3.87. The lowest BCUT2D eigenvalue weighted by Gasteiger charge is -2.46. The molecule has 1 spiro atoms. The number of nitrogens with zero attached hydrogens (tertiary/aromatic N) is 2. The molecular formula is C22H29N3O3. The van der Waals surface area contributed by atoms with E-state index in [1.807, 2.05) is 29.2 Å². The minimum Gasteiger partial charge on any atom is -0.469 e. The van der Waals surface area contributed by atoms with Crippen LogP contribution in [0.15, 0.2) is 24.3 Å². The van der Waals surface area contributed by atoms with E-state index in [-0.39, 0.29) is 18.3 Å². The lowest BCUT2D eigenvalue weighted by Crippen LogP contribution is -2.49. The fourth-order valence-electron chi connectivity index (χ4n) is 4.99. The number of aromatic amines is 1. The van der Waals surface area contributed by atoms with Crippen molar-refractivity contribution in [3.63, 3.8) is 0 Å². The molecule has 1 amide bonds. The van der Waals surface area contributed by atoms with Gasteiger partial charge in [-0.25, -0.2) is 0 Å². The SMILES string of the molecule is COC(=O)Cc1c(C(=O)N2CCC3(CCCN(C)C3)CC2)[nH]c2ccccc12. The molecule has 4 rings (SSSR count). The molecule has 2 aromatic rings. The minimum absolute atomic E-state index is 0.00545. The lowest BCUT2D eigenvalue weighted by molar-refractivity contribution is -0.139. The van der Waals surface area contributed by atoms with Gasteiger partial charge in [-0.3, -0.25) is 9.59 Å². The molecule has 2 fully saturated rings. The molecule has 1 aromatic heterocycles. The van der Waals surface area contributed by atoms with E-state index in [0.717, 1.165) is 48.9 Å². The zero-order chi connectivity index (χ0) is 19.7. The minimum atomic E-state index is -0.332. The monoisotopic (exact) mass is 383 g/mol. The van der Waals surface area contributed by atoms with Gasteiger partial charge in [0.2, 0.25) is 0 Å². The Hall–Kier alpha value is -2.34. The van der Waals surface area contributed by atoms with Crippen LogP contribution in [0.5, 0.6) is 0 Å². The van der Waals surface area contributed by atoms with E-state index in [1.54, 1.807) is 0 Å². The molecule has 2 aliphatic rings. The van der Waals surface area contributed by atoms with Gasteiger partial charge in [0.05, 0.1) is 13.5 Å². The van der Waals surface area contributed by atoms with Gasteiger partial charge in [0.1, 0.15) is 5.69 Å². The number of carbonyl (C=O) groups is 2. The molecule has 28 heavy (non-hydrogen) atoms. The van der Waals surface area contributed by atoms with Crippen molar-refractivity contribution >= 4 is 22.8 Å². The molecule has 0 aliphatic carbocycles. The lowest BCUT2D eigenvalue weighted by atomic mass is 9.72. The van der Waals surface area contributed by atoms with Gasteiger partial charge < -0.3 is 19.5 Å². The van der Waals surface area contributed by atoms with E-state index < -0.39 is 0 Å². The van der Waals surface area contributed by atoms with E-state index in [2.05, 4.69) is 16.9 Å². The van der Waals surface area contributed by atoms with Crippen molar-refractivity contribution in [1.29, 1.82) is 0 Å². The third kappa shape index (κ3) is 3.53. The Morgan fingerprint density at radius 2 is 1.89 bits per heavy atom. The smallest absolute Gasteiger partial charge is 0.310 e. The number of para-hydroxylation sites is 1. The third-order valence-corrected chi connectivity index (χ3v) is 6.54. The van der Waals surface area contributed by atoms with E-state index in [9.17, 15) is 9.59 Å². The highest BCUT2D eigenvalue weighted by atomic mass is 16.5. The number of piperidine rings is 2. The second-order valence-electron chi connectivity index (χ2n) is 8.41. The molecule has 0 saturated carbocycles. The topological polar surface area (TPSA) is 65.6 Å². The second kappa shape index (κ2) is 7.59. The van der Waals surface area contributed by atoms with Crippen LogP contribution in [-0.4, -0.2) is 67.0 Å². The molecule has 2 saturated heterocycles. The first-order chi connectivity index (χ1) is 13.5. The van der Waals surface area contributed by atoms with E-state index >= 15 is 0 Å². The Bertz CT molecular complexity index is 880. The Morgan fingerprint density at radius 1 is 1.14 bits per heavy atom. The van der Waals surface area contributed by atoms with Gasteiger partial charge in [-0.1, -0.05) is 18.2 Å². The van der Waals surface area contributed by atoms with Gasteiger partial charge in [0, 0.05) is 36.1 Å². The number of carbonyl (C=O) groups excluding carboxylic acids is 2. The molecule has 1 N–H and O–H groups in total. The zero-order valence-corrected chi connectivity index (χ0v) is 16.8. The average Bonchev–Trinajstić information content (AvgIpc) is 3.06. The van der Waals surface area contributed by atoms with Crippen LogP contribution in [0, 0.1) is 5.41 Å². The summed E-state index contributed by atoms with van der Waals surface area (Å²) in [5.41, 5.74) is 2.51. The summed E-state index contributed by atoms with van der Waals surface area (Å²) in [6, 6.07) is 7.74. The Morgan fingerprint density at radius 3 is 2.61 bits per heavy atom. The standard InChI is InChI=1S/C22H29N3O3/c1-24-11-5-8-22(15-24)9-12-25(13-10-22)21(27)20-17(14-19(26)28-2)16-6-3-4-7-18(16)23-20/h3-4,6-7,23H,5,8-15H2,1-2H3. The number of amides is 1. The first-order valence-electron chi connectivity index (χ1n) is 10.2. The number of methoxy groups -OCH3 is 1. The summed E-state index contributed by atoms with van der Waals surface area (Å²) in [5.74, 6) is -0.337. The average molecular weight is 383 g/mol. The second-order valence-corrected chi connectivity index (χ2v) is 8.41. The quantitative estimate of drug-likeness (QED) is 0.828. The molecule has 0 radical (unpaired) electrons. The summed E-state index contributed by atoms with van der Waals surface area (Å²) in [6.07, 6.45) is 4.71. The fourth-order valence-corrected chi connectivity index (χ4v) is 4.99. The van der Waals surface area contributed by atoms with Crippen molar-refractivity contribution < 1.29 is 14.3 Å². The molecule has 0 atom stereocenters. The molecule has 3 heterocycles. The molecule has 6 heteroatoms. The number of hydrogen-bond donors (Lipinski definition) is 1. The highest BCUT2D eigenvalue weighted by Gasteiger charge is 2.39. The van der Waals surface area contributed by atoms with Crippen molar-refractivity contribution in [3.05, 3.63) is 35.5 Å². The Labute approximate surface area is 165 Å². The van der Waals surface area contributed by atoms with E-state index in [0.29, 0.717) is 11.1 Å². The van der Waals surface area contributed by atoms with E-state index in [4.69, 9.17) is 4.74 Å². The highest BCUT2D eigenvalue weighted by Crippen LogP contribution is 2.40. The Kier molecular flexibility index (Phi) is 5.15. The van der Waals surface area contributed by atoms with Gasteiger partial charge >= 0.3 is 5.97 Å².